The van der Waals surface area contributed by atoms with Gasteiger partial charge in [-0.3, -0.25) is 0 Å². The van der Waals surface area contributed by atoms with Crippen molar-refractivity contribution in [2.45, 2.75) is 32.7 Å². The summed E-state index contributed by atoms with van der Waals surface area (Å²) in [5, 5.41) is 0. The Hall–Kier alpha value is -1.19. The summed E-state index contributed by atoms with van der Waals surface area (Å²) >= 11 is 0. The van der Waals surface area contributed by atoms with E-state index >= 15 is 0 Å². The zero-order chi connectivity index (χ0) is 10.8. The molecule has 1 aromatic rings. The van der Waals surface area contributed by atoms with Crippen LogP contribution in [-0.2, 0) is 0 Å². The molecule has 0 bridgehead atoms. The van der Waals surface area contributed by atoms with Crippen LogP contribution >= 0.6 is 0 Å². The first kappa shape index (κ1) is 10.3. The highest BCUT2D eigenvalue weighted by atomic mass is 19.1. The predicted molar refractivity (Wildman–Crippen MR) is 57.2 cm³/mol. The molecule has 0 spiro atoms. The second-order valence-corrected chi connectivity index (χ2v) is 4.25. The normalized spacial score (nSPS) is 25.9. The summed E-state index contributed by atoms with van der Waals surface area (Å²) in [6.07, 6.45) is 3.54. The molecule has 2 unspecified atom stereocenters. The fraction of sp³-hybridized carbons (Fsp3) is 0.636. The van der Waals surface area contributed by atoms with Crippen LogP contribution in [-0.4, -0.2) is 22.6 Å². The molecular weight excluding hydrogens is 193 g/mol. The van der Waals surface area contributed by atoms with Crippen LogP contribution in [0.2, 0.25) is 0 Å². The van der Waals surface area contributed by atoms with Gasteiger partial charge in [-0.15, -0.1) is 0 Å². The van der Waals surface area contributed by atoms with E-state index in [9.17, 15) is 4.39 Å². The maximum Gasteiger partial charge on any atom is 0.218 e. The smallest absolute Gasteiger partial charge is 0.218 e. The van der Waals surface area contributed by atoms with Crippen molar-refractivity contribution >= 4 is 5.82 Å². The summed E-state index contributed by atoms with van der Waals surface area (Å²) in [7, 11) is 0. The lowest BCUT2D eigenvalue weighted by Crippen LogP contribution is -2.29. The van der Waals surface area contributed by atoms with Gasteiger partial charge in [-0.1, -0.05) is 13.8 Å². The van der Waals surface area contributed by atoms with E-state index in [1.165, 1.54) is 18.8 Å². The zero-order valence-electron chi connectivity index (χ0n) is 9.15. The maximum absolute atomic E-state index is 13.0. The van der Waals surface area contributed by atoms with Gasteiger partial charge < -0.3 is 4.90 Å². The Kier molecular flexibility index (Phi) is 2.84. The molecule has 0 aliphatic carbocycles. The van der Waals surface area contributed by atoms with Gasteiger partial charge >= 0.3 is 0 Å². The first-order valence-electron chi connectivity index (χ1n) is 5.45. The van der Waals surface area contributed by atoms with Crippen LogP contribution < -0.4 is 4.90 Å². The van der Waals surface area contributed by atoms with Crippen molar-refractivity contribution in [3.8, 4) is 0 Å². The summed E-state index contributed by atoms with van der Waals surface area (Å²) in [5.41, 5.74) is 0. The number of hydrogen-bond acceptors (Lipinski definition) is 3. The third-order valence-corrected chi connectivity index (χ3v) is 3.01. The minimum Gasteiger partial charge on any atom is -0.353 e. The average molecular weight is 209 g/mol. The lowest BCUT2D eigenvalue weighted by molar-refractivity contribution is 0.571. The predicted octanol–water partition coefficient (Wildman–Crippen LogP) is 2.24. The first-order valence-corrected chi connectivity index (χ1v) is 5.45. The molecule has 15 heavy (non-hydrogen) atoms. The number of halogens is 1. The van der Waals surface area contributed by atoms with Crippen LogP contribution in [0.25, 0.3) is 0 Å². The Balaban J connectivity index is 2.22. The molecule has 82 valence electrons. The quantitative estimate of drug-likeness (QED) is 0.699. The monoisotopic (exact) mass is 209 g/mol. The van der Waals surface area contributed by atoms with Gasteiger partial charge in [0.2, 0.25) is 5.95 Å². The minimum absolute atomic E-state index is 0.450. The molecule has 0 amide bonds. The van der Waals surface area contributed by atoms with Crippen LogP contribution in [0.5, 0.6) is 0 Å². The average Bonchev–Trinajstić information content (AvgIpc) is 2.59. The molecule has 2 atom stereocenters. The highest BCUT2D eigenvalue weighted by Gasteiger charge is 2.29. The van der Waals surface area contributed by atoms with Crippen LogP contribution in [0.15, 0.2) is 12.4 Å². The van der Waals surface area contributed by atoms with Gasteiger partial charge in [0, 0.05) is 18.7 Å². The van der Waals surface area contributed by atoms with Gasteiger partial charge in [0.1, 0.15) is 12.1 Å². The van der Waals surface area contributed by atoms with Gasteiger partial charge in [-0.25, -0.2) is 9.97 Å². The van der Waals surface area contributed by atoms with Crippen LogP contribution in [0, 0.1) is 11.9 Å². The van der Waals surface area contributed by atoms with E-state index in [4.69, 9.17) is 0 Å². The van der Waals surface area contributed by atoms with E-state index in [1.807, 2.05) is 0 Å². The standard InChI is InChI=1S/C11H16FN3/c1-3-9-4-8(2)6-15(9)11-5-10(12)13-7-14-11/h5,7-9H,3-4,6H2,1-2H3. The number of hydrogen-bond donors (Lipinski definition) is 0. The molecule has 1 aliphatic heterocycles. The van der Waals surface area contributed by atoms with Gasteiger partial charge in [-0.05, 0) is 18.8 Å². The summed E-state index contributed by atoms with van der Waals surface area (Å²) < 4.78 is 13.0. The summed E-state index contributed by atoms with van der Waals surface area (Å²) in [6.45, 7) is 5.35. The van der Waals surface area contributed by atoms with Crippen molar-refractivity contribution in [1.29, 1.82) is 0 Å². The van der Waals surface area contributed by atoms with Crippen LogP contribution in [0.4, 0.5) is 10.2 Å². The number of rotatable bonds is 2. The second-order valence-electron chi connectivity index (χ2n) is 4.25. The fourth-order valence-electron chi connectivity index (χ4n) is 2.30. The van der Waals surface area contributed by atoms with Gasteiger partial charge in [0.15, 0.2) is 0 Å². The largest absolute Gasteiger partial charge is 0.353 e. The number of nitrogens with zero attached hydrogens (tertiary/aromatic N) is 3. The maximum atomic E-state index is 13.0. The highest BCUT2D eigenvalue weighted by molar-refractivity contribution is 5.40. The molecule has 0 radical (unpaired) electrons. The van der Waals surface area contributed by atoms with Crippen LogP contribution in [0.1, 0.15) is 26.7 Å². The summed E-state index contributed by atoms with van der Waals surface area (Å²) in [4.78, 5) is 9.80. The third kappa shape index (κ3) is 2.08. The van der Waals surface area contributed by atoms with E-state index < -0.39 is 5.95 Å². The molecule has 0 N–H and O–H groups in total. The molecule has 0 aromatic carbocycles. The van der Waals surface area contributed by atoms with E-state index in [1.54, 1.807) is 0 Å². The number of aromatic nitrogens is 2. The molecule has 3 nitrogen and oxygen atoms in total. The lowest BCUT2D eigenvalue weighted by atomic mass is 10.1. The minimum atomic E-state index is -0.450. The van der Waals surface area contributed by atoms with E-state index in [2.05, 4.69) is 28.7 Å². The van der Waals surface area contributed by atoms with Crippen molar-refractivity contribution in [3.63, 3.8) is 0 Å². The fourth-order valence-corrected chi connectivity index (χ4v) is 2.30. The van der Waals surface area contributed by atoms with Crippen LogP contribution in [0.3, 0.4) is 0 Å². The second kappa shape index (κ2) is 4.13. The Morgan fingerprint density at radius 1 is 1.53 bits per heavy atom. The Morgan fingerprint density at radius 2 is 2.33 bits per heavy atom. The Morgan fingerprint density at radius 3 is 3.00 bits per heavy atom. The number of anilines is 1. The summed E-state index contributed by atoms with van der Waals surface area (Å²) in [5.74, 6) is 0.932. The van der Waals surface area contributed by atoms with E-state index in [-0.39, 0.29) is 0 Å². The topological polar surface area (TPSA) is 29.0 Å². The molecule has 2 heterocycles. The third-order valence-electron chi connectivity index (χ3n) is 3.01. The van der Waals surface area contributed by atoms with Crippen molar-refractivity contribution in [3.05, 3.63) is 18.3 Å². The van der Waals surface area contributed by atoms with Gasteiger partial charge in [0.05, 0.1) is 0 Å². The lowest BCUT2D eigenvalue weighted by Gasteiger charge is -2.24. The van der Waals surface area contributed by atoms with Gasteiger partial charge in [0.25, 0.3) is 0 Å². The molecule has 1 aromatic heterocycles. The molecule has 1 fully saturated rings. The molecular formula is C11H16FN3. The van der Waals surface area contributed by atoms with Crippen molar-refractivity contribution in [2.24, 2.45) is 5.92 Å². The van der Waals surface area contributed by atoms with Crippen molar-refractivity contribution in [2.75, 3.05) is 11.4 Å². The molecule has 0 saturated carbocycles. The van der Waals surface area contributed by atoms with Gasteiger partial charge in [-0.2, -0.15) is 4.39 Å². The molecule has 1 saturated heterocycles. The summed E-state index contributed by atoms with van der Waals surface area (Å²) in [6, 6.07) is 1.91. The van der Waals surface area contributed by atoms with Crippen molar-refractivity contribution in [1.82, 2.24) is 9.97 Å². The first-order chi connectivity index (χ1) is 7.20. The SMILES string of the molecule is CCC1CC(C)CN1c1cc(F)ncn1. The van der Waals surface area contributed by atoms with Crippen molar-refractivity contribution < 1.29 is 4.39 Å². The molecule has 1 aliphatic rings. The zero-order valence-corrected chi connectivity index (χ0v) is 9.15. The Labute approximate surface area is 89.3 Å². The molecule has 4 heteroatoms. The Bertz CT molecular complexity index is 342. The van der Waals surface area contributed by atoms with E-state index in [0.717, 1.165) is 18.8 Å². The van der Waals surface area contributed by atoms with E-state index in [0.29, 0.717) is 12.0 Å². The highest BCUT2D eigenvalue weighted by Crippen LogP contribution is 2.28. The molecule has 2 rings (SSSR count).